The number of carbonyl (C=O) groups excluding carboxylic acids is 2. The van der Waals surface area contributed by atoms with Gasteiger partial charge in [-0.05, 0) is 47.2 Å². The second kappa shape index (κ2) is 8.11. The summed E-state index contributed by atoms with van der Waals surface area (Å²) >= 11 is 1.66. The Morgan fingerprint density at radius 1 is 1.17 bits per heavy atom. The Hall–Kier alpha value is -2.14. The normalized spacial score (nSPS) is 17.0. The lowest BCUT2D eigenvalue weighted by atomic mass is 10.1. The molecule has 2 heterocycles. The minimum absolute atomic E-state index is 0.0239. The number of nitrogens with one attached hydrogen (secondary N) is 1. The first-order valence-electron chi connectivity index (χ1n) is 8.36. The predicted molar refractivity (Wildman–Crippen MR) is 95.9 cm³/mol. The highest BCUT2D eigenvalue weighted by Crippen LogP contribution is 2.19. The van der Waals surface area contributed by atoms with E-state index >= 15 is 0 Å². The molecule has 2 aromatic rings. The van der Waals surface area contributed by atoms with Crippen molar-refractivity contribution in [2.75, 3.05) is 13.1 Å². The molecule has 4 nitrogen and oxygen atoms in total. The molecule has 1 N–H and O–H groups in total. The molecule has 24 heavy (non-hydrogen) atoms. The summed E-state index contributed by atoms with van der Waals surface area (Å²) in [6, 6.07) is 11.5. The summed E-state index contributed by atoms with van der Waals surface area (Å²) in [6.45, 7) is 1.29. The number of rotatable bonds is 6. The molecule has 1 unspecified atom stereocenters. The standard InChI is InChI=1S/C19H22N2O2S/c22-18(13-15-5-2-1-3-6-15)21-11-4-7-17(21)19(23)20-10-8-16-9-12-24-14-16/h1-3,5-6,9,12,14,17H,4,7-8,10-11,13H2,(H,20,23). The van der Waals surface area contributed by atoms with Gasteiger partial charge in [-0.15, -0.1) is 0 Å². The Balaban J connectivity index is 1.52. The monoisotopic (exact) mass is 342 g/mol. The molecule has 0 saturated carbocycles. The number of benzene rings is 1. The van der Waals surface area contributed by atoms with Crippen LogP contribution < -0.4 is 5.32 Å². The maximum absolute atomic E-state index is 12.5. The molecular formula is C19H22N2O2S. The maximum Gasteiger partial charge on any atom is 0.242 e. The van der Waals surface area contributed by atoms with Gasteiger partial charge in [0.05, 0.1) is 6.42 Å². The van der Waals surface area contributed by atoms with E-state index in [-0.39, 0.29) is 17.9 Å². The molecule has 1 saturated heterocycles. The second-order valence-corrected chi connectivity index (χ2v) is 6.86. The lowest BCUT2D eigenvalue weighted by Gasteiger charge is -2.24. The van der Waals surface area contributed by atoms with Gasteiger partial charge in [0.25, 0.3) is 0 Å². The molecule has 1 aliphatic heterocycles. The SMILES string of the molecule is O=C(NCCc1ccsc1)C1CCCN1C(=O)Cc1ccccc1. The van der Waals surface area contributed by atoms with Crippen LogP contribution in [0.3, 0.4) is 0 Å². The van der Waals surface area contributed by atoms with Crippen molar-refractivity contribution in [1.29, 1.82) is 0 Å². The van der Waals surface area contributed by atoms with Crippen molar-refractivity contribution in [1.82, 2.24) is 10.2 Å². The van der Waals surface area contributed by atoms with Gasteiger partial charge < -0.3 is 10.2 Å². The summed E-state index contributed by atoms with van der Waals surface area (Å²) < 4.78 is 0. The van der Waals surface area contributed by atoms with Gasteiger partial charge in [0.15, 0.2) is 0 Å². The van der Waals surface area contributed by atoms with E-state index in [0.717, 1.165) is 24.8 Å². The molecule has 0 radical (unpaired) electrons. The number of nitrogens with zero attached hydrogens (tertiary/aromatic N) is 1. The maximum atomic E-state index is 12.5. The zero-order chi connectivity index (χ0) is 16.8. The summed E-state index contributed by atoms with van der Waals surface area (Å²) in [6.07, 6.45) is 2.84. The Kier molecular flexibility index (Phi) is 5.64. The lowest BCUT2D eigenvalue weighted by Crippen LogP contribution is -2.46. The van der Waals surface area contributed by atoms with Gasteiger partial charge in [-0.1, -0.05) is 30.3 Å². The van der Waals surface area contributed by atoms with Crippen LogP contribution in [0.4, 0.5) is 0 Å². The van der Waals surface area contributed by atoms with Crippen molar-refractivity contribution in [2.24, 2.45) is 0 Å². The van der Waals surface area contributed by atoms with Crippen LogP contribution in [0, 0.1) is 0 Å². The number of carbonyl (C=O) groups is 2. The van der Waals surface area contributed by atoms with Crippen LogP contribution in [0.2, 0.25) is 0 Å². The number of hydrogen-bond acceptors (Lipinski definition) is 3. The number of hydrogen-bond donors (Lipinski definition) is 1. The van der Waals surface area contributed by atoms with Gasteiger partial charge in [-0.2, -0.15) is 11.3 Å². The van der Waals surface area contributed by atoms with E-state index in [1.54, 1.807) is 16.2 Å². The topological polar surface area (TPSA) is 49.4 Å². The van der Waals surface area contributed by atoms with Gasteiger partial charge in [-0.3, -0.25) is 9.59 Å². The molecule has 5 heteroatoms. The Labute approximate surface area is 146 Å². The first-order chi connectivity index (χ1) is 11.7. The molecule has 1 aromatic carbocycles. The molecule has 2 amide bonds. The highest BCUT2D eigenvalue weighted by molar-refractivity contribution is 7.07. The van der Waals surface area contributed by atoms with E-state index < -0.39 is 0 Å². The molecule has 1 aromatic heterocycles. The number of amides is 2. The summed E-state index contributed by atoms with van der Waals surface area (Å²) in [5, 5.41) is 7.12. The van der Waals surface area contributed by atoms with Crippen molar-refractivity contribution in [2.45, 2.75) is 31.7 Å². The molecule has 1 aliphatic rings. The van der Waals surface area contributed by atoms with Crippen LogP contribution in [0.15, 0.2) is 47.2 Å². The zero-order valence-electron chi connectivity index (χ0n) is 13.6. The van der Waals surface area contributed by atoms with Crippen LogP contribution >= 0.6 is 11.3 Å². The van der Waals surface area contributed by atoms with E-state index in [9.17, 15) is 9.59 Å². The van der Waals surface area contributed by atoms with E-state index in [0.29, 0.717) is 19.5 Å². The largest absolute Gasteiger partial charge is 0.354 e. The molecule has 1 fully saturated rings. The fraction of sp³-hybridized carbons (Fsp3) is 0.368. The van der Waals surface area contributed by atoms with Crippen LogP contribution in [0.25, 0.3) is 0 Å². The third-order valence-corrected chi connectivity index (χ3v) is 5.10. The third-order valence-electron chi connectivity index (χ3n) is 4.37. The molecule has 0 bridgehead atoms. The van der Waals surface area contributed by atoms with Crippen molar-refractivity contribution < 1.29 is 9.59 Å². The number of likely N-dealkylation sites (tertiary alicyclic amines) is 1. The summed E-state index contributed by atoms with van der Waals surface area (Å²) in [5.41, 5.74) is 2.23. The molecular weight excluding hydrogens is 320 g/mol. The summed E-state index contributed by atoms with van der Waals surface area (Å²) in [7, 11) is 0. The minimum Gasteiger partial charge on any atom is -0.354 e. The molecule has 126 valence electrons. The Bertz CT molecular complexity index is 670. The first kappa shape index (κ1) is 16.7. The first-order valence-corrected chi connectivity index (χ1v) is 9.30. The van der Waals surface area contributed by atoms with E-state index in [1.807, 2.05) is 35.7 Å². The van der Waals surface area contributed by atoms with E-state index in [2.05, 4.69) is 16.8 Å². The van der Waals surface area contributed by atoms with Gasteiger partial charge >= 0.3 is 0 Å². The van der Waals surface area contributed by atoms with E-state index in [4.69, 9.17) is 0 Å². The van der Waals surface area contributed by atoms with Gasteiger partial charge in [0, 0.05) is 13.1 Å². The lowest BCUT2D eigenvalue weighted by molar-refractivity contribution is -0.137. The number of thiophene rings is 1. The zero-order valence-corrected chi connectivity index (χ0v) is 14.4. The van der Waals surface area contributed by atoms with Crippen LogP contribution in [-0.4, -0.2) is 35.8 Å². The molecule has 1 atom stereocenters. The third kappa shape index (κ3) is 4.23. The second-order valence-electron chi connectivity index (χ2n) is 6.08. The molecule has 0 aliphatic carbocycles. The minimum atomic E-state index is -0.316. The fourth-order valence-electron chi connectivity index (χ4n) is 3.09. The van der Waals surface area contributed by atoms with Crippen LogP contribution in [0.1, 0.15) is 24.0 Å². The average Bonchev–Trinajstić information content (AvgIpc) is 3.27. The Morgan fingerprint density at radius 2 is 2.00 bits per heavy atom. The Morgan fingerprint density at radius 3 is 2.75 bits per heavy atom. The highest BCUT2D eigenvalue weighted by Gasteiger charge is 2.33. The average molecular weight is 342 g/mol. The van der Waals surface area contributed by atoms with Crippen molar-refractivity contribution >= 4 is 23.2 Å². The summed E-state index contributed by atoms with van der Waals surface area (Å²) in [5.74, 6) is 0.0147. The predicted octanol–water partition coefficient (Wildman–Crippen LogP) is 2.64. The van der Waals surface area contributed by atoms with Crippen molar-refractivity contribution in [3.05, 3.63) is 58.3 Å². The fourth-order valence-corrected chi connectivity index (χ4v) is 3.80. The smallest absolute Gasteiger partial charge is 0.242 e. The van der Waals surface area contributed by atoms with Crippen LogP contribution in [0.5, 0.6) is 0 Å². The van der Waals surface area contributed by atoms with Gasteiger partial charge in [-0.25, -0.2) is 0 Å². The quantitative estimate of drug-likeness (QED) is 0.877. The van der Waals surface area contributed by atoms with Crippen molar-refractivity contribution in [3.8, 4) is 0 Å². The van der Waals surface area contributed by atoms with Crippen LogP contribution in [-0.2, 0) is 22.4 Å². The molecule has 0 spiro atoms. The van der Waals surface area contributed by atoms with Gasteiger partial charge in [0.1, 0.15) is 6.04 Å². The summed E-state index contributed by atoms with van der Waals surface area (Å²) in [4.78, 5) is 26.7. The van der Waals surface area contributed by atoms with Gasteiger partial charge in [0.2, 0.25) is 11.8 Å². The molecule has 3 rings (SSSR count). The highest BCUT2D eigenvalue weighted by atomic mass is 32.1. The van der Waals surface area contributed by atoms with E-state index in [1.165, 1.54) is 5.56 Å². The van der Waals surface area contributed by atoms with Crippen molar-refractivity contribution in [3.63, 3.8) is 0 Å².